The van der Waals surface area contributed by atoms with Crippen LogP contribution >= 0.6 is 11.3 Å². The van der Waals surface area contributed by atoms with E-state index in [9.17, 15) is 15.0 Å². The van der Waals surface area contributed by atoms with Crippen LogP contribution in [0.4, 0.5) is 0 Å². The van der Waals surface area contributed by atoms with Gasteiger partial charge in [0, 0.05) is 10.4 Å². The zero-order chi connectivity index (χ0) is 19.4. The number of fused-ring (bicyclic) bond motifs is 1. The van der Waals surface area contributed by atoms with E-state index in [1.165, 1.54) is 6.20 Å². The van der Waals surface area contributed by atoms with Gasteiger partial charge >= 0.3 is 5.97 Å². The zero-order valence-electron chi connectivity index (χ0n) is 14.5. The molecule has 27 heavy (non-hydrogen) atoms. The van der Waals surface area contributed by atoms with Gasteiger partial charge in [0.05, 0.1) is 0 Å². The molecule has 4 nitrogen and oxygen atoms in total. The fraction of sp³-hybridized carbons (Fsp3) is 0.0455. The Morgan fingerprint density at radius 2 is 1.89 bits per heavy atom. The second kappa shape index (κ2) is 8.03. The standard InChI is InChI=1S/C22H19NO3S/c1-2-5-15(10-11-23)19-13-18(21(27-19)22(25)26)20(24)17-9-8-14-6-3-4-7-16(14)12-17/h2-13,20,24H,1,23H2,(H,25,26)/b11-10-,15-5+. The van der Waals surface area contributed by atoms with E-state index in [0.29, 0.717) is 16.0 Å². The van der Waals surface area contributed by atoms with Gasteiger partial charge in [-0.25, -0.2) is 4.79 Å². The lowest BCUT2D eigenvalue weighted by Gasteiger charge is -2.12. The van der Waals surface area contributed by atoms with Gasteiger partial charge in [-0.2, -0.15) is 0 Å². The quantitative estimate of drug-likeness (QED) is 0.543. The van der Waals surface area contributed by atoms with Crippen LogP contribution < -0.4 is 5.73 Å². The lowest BCUT2D eigenvalue weighted by atomic mass is 9.98. The number of allylic oxidation sites excluding steroid dienone is 4. The van der Waals surface area contributed by atoms with Gasteiger partial charge < -0.3 is 15.9 Å². The largest absolute Gasteiger partial charge is 0.477 e. The van der Waals surface area contributed by atoms with Gasteiger partial charge in [-0.15, -0.1) is 11.3 Å². The molecule has 1 aromatic heterocycles. The van der Waals surface area contributed by atoms with Crippen LogP contribution in [-0.2, 0) is 0 Å². The second-order valence-corrected chi connectivity index (χ2v) is 6.98. The predicted octanol–water partition coefficient (Wildman–Crippen LogP) is 4.72. The van der Waals surface area contributed by atoms with Crippen molar-refractivity contribution in [3.05, 3.63) is 100 Å². The van der Waals surface area contributed by atoms with Crippen LogP contribution in [0.3, 0.4) is 0 Å². The number of benzene rings is 2. The molecule has 5 heteroatoms. The molecule has 4 N–H and O–H groups in total. The van der Waals surface area contributed by atoms with Crippen LogP contribution in [0.25, 0.3) is 16.3 Å². The molecule has 0 aliphatic carbocycles. The summed E-state index contributed by atoms with van der Waals surface area (Å²) < 4.78 is 0. The highest BCUT2D eigenvalue weighted by atomic mass is 32.1. The van der Waals surface area contributed by atoms with E-state index in [1.54, 1.807) is 24.3 Å². The fourth-order valence-corrected chi connectivity index (χ4v) is 3.96. The number of carboxylic acids is 1. The summed E-state index contributed by atoms with van der Waals surface area (Å²) >= 11 is 1.10. The molecule has 0 saturated heterocycles. The van der Waals surface area contributed by atoms with Crippen LogP contribution in [0.15, 0.2) is 79.5 Å². The molecular formula is C22H19NO3S. The van der Waals surface area contributed by atoms with Gasteiger partial charge in [-0.3, -0.25) is 0 Å². The summed E-state index contributed by atoms with van der Waals surface area (Å²) in [6, 6.07) is 15.1. The molecule has 0 amide bonds. The Bertz CT molecular complexity index is 1060. The third kappa shape index (κ3) is 3.84. The monoisotopic (exact) mass is 377 g/mol. The van der Waals surface area contributed by atoms with E-state index >= 15 is 0 Å². The lowest BCUT2D eigenvalue weighted by molar-refractivity contribution is 0.0697. The highest BCUT2D eigenvalue weighted by molar-refractivity contribution is 7.15. The van der Waals surface area contributed by atoms with Crippen molar-refractivity contribution in [2.45, 2.75) is 6.10 Å². The molecule has 3 aromatic rings. The Hall–Kier alpha value is -3.15. The first-order chi connectivity index (χ1) is 13.0. The Morgan fingerprint density at radius 3 is 2.56 bits per heavy atom. The summed E-state index contributed by atoms with van der Waals surface area (Å²) in [6.45, 7) is 3.67. The summed E-state index contributed by atoms with van der Waals surface area (Å²) in [5, 5.41) is 22.5. The number of aliphatic hydroxyl groups is 1. The highest BCUT2D eigenvalue weighted by Gasteiger charge is 2.23. The van der Waals surface area contributed by atoms with Crippen molar-refractivity contribution >= 4 is 33.7 Å². The van der Waals surface area contributed by atoms with Gasteiger partial charge in [0.15, 0.2) is 0 Å². The number of carbonyl (C=O) groups is 1. The number of aliphatic hydroxyl groups excluding tert-OH is 1. The van der Waals surface area contributed by atoms with Crippen LogP contribution in [0.1, 0.15) is 31.8 Å². The topological polar surface area (TPSA) is 83.5 Å². The molecule has 0 saturated carbocycles. The van der Waals surface area contributed by atoms with E-state index in [2.05, 4.69) is 6.58 Å². The van der Waals surface area contributed by atoms with E-state index < -0.39 is 12.1 Å². The van der Waals surface area contributed by atoms with Crippen molar-refractivity contribution in [3.63, 3.8) is 0 Å². The molecule has 0 aliphatic heterocycles. The van der Waals surface area contributed by atoms with Crippen LogP contribution in [-0.4, -0.2) is 16.2 Å². The molecule has 1 atom stereocenters. The molecule has 1 heterocycles. The molecule has 0 spiro atoms. The number of thiophene rings is 1. The molecular weight excluding hydrogens is 358 g/mol. The maximum atomic E-state index is 11.7. The number of nitrogens with two attached hydrogens (primary N) is 1. The minimum absolute atomic E-state index is 0.103. The molecule has 3 rings (SSSR count). The molecule has 0 bridgehead atoms. The minimum Gasteiger partial charge on any atom is -0.477 e. The third-order valence-electron chi connectivity index (χ3n) is 4.20. The van der Waals surface area contributed by atoms with Crippen molar-refractivity contribution in [3.8, 4) is 0 Å². The number of aromatic carboxylic acids is 1. The Kier molecular flexibility index (Phi) is 5.54. The number of hydrogen-bond acceptors (Lipinski definition) is 4. The summed E-state index contributed by atoms with van der Waals surface area (Å²) in [4.78, 5) is 12.5. The molecule has 0 radical (unpaired) electrons. The van der Waals surface area contributed by atoms with Gasteiger partial charge in [-0.1, -0.05) is 55.1 Å². The van der Waals surface area contributed by atoms with Gasteiger partial charge in [0.2, 0.25) is 0 Å². The van der Waals surface area contributed by atoms with Crippen LogP contribution in [0.2, 0.25) is 0 Å². The minimum atomic E-state index is -1.07. The zero-order valence-corrected chi connectivity index (χ0v) is 15.3. The summed E-state index contributed by atoms with van der Waals surface area (Å²) in [5.41, 5.74) is 7.22. The van der Waals surface area contributed by atoms with E-state index in [4.69, 9.17) is 5.73 Å². The normalized spacial score (nSPS) is 13.1. The molecule has 2 aromatic carbocycles. The smallest absolute Gasteiger partial charge is 0.346 e. The fourth-order valence-electron chi connectivity index (χ4n) is 2.93. The lowest BCUT2D eigenvalue weighted by Crippen LogP contribution is -2.04. The van der Waals surface area contributed by atoms with Crippen LogP contribution in [0, 0.1) is 0 Å². The molecule has 136 valence electrons. The Morgan fingerprint density at radius 1 is 1.15 bits per heavy atom. The van der Waals surface area contributed by atoms with Crippen molar-refractivity contribution in [1.82, 2.24) is 0 Å². The maximum Gasteiger partial charge on any atom is 0.346 e. The third-order valence-corrected chi connectivity index (χ3v) is 5.38. The predicted molar refractivity (Wildman–Crippen MR) is 111 cm³/mol. The summed E-state index contributed by atoms with van der Waals surface area (Å²) in [6.07, 6.45) is 5.36. The first-order valence-corrected chi connectivity index (χ1v) is 9.12. The average molecular weight is 377 g/mol. The average Bonchev–Trinajstić information content (AvgIpc) is 3.12. The van der Waals surface area contributed by atoms with E-state index in [0.717, 1.165) is 27.7 Å². The van der Waals surface area contributed by atoms with Crippen molar-refractivity contribution in [1.29, 1.82) is 0 Å². The SMILES string of the molecule is C=C/C=C(\C=C/N)c1cc(C(O)c2ccc3ccccc3c2)c(C(=O)O)s1. The van der Waals surface area contributed by atoms with Crippen molar-refractivity contribution < 1.29 is 15.0 Å². The number of carboxylic acid groups (broad SMARTS) is 1. The summed E-state index contributed by atoms with van der Waals surface area (Å²) in [5.74, 6) is -1.07. The first-order valence-electron chi connectivity index (χ1n) is 8.30. The van der Waals surface area contributed by atoms with Crippen LogP contribution in [0.5, 0.6) is 0 Å². The number of rotatable bonds is 6. The van der Waals surface area contributed by atoms with Crippen molar-refractivity contribution in [2.75, 3.05) is 0 Å². The van der Waals surface area contributed by atoms with Gasteiger partial charge in [0.25, 0.3) is 0 Å². The molecule has 0 fully saturated rings. The molecule has 1 unspecified atom stereocenters. The van der Waals surface area contributed by atoms with Crippen molar-refractivity contribution in [2.24, 2.45) is 5.73 Å². The van der Waals surface area contributed by atoms with E-state index in [-0.39, 0.29) is 4.88 Å². The Labute approximate surface area is 161 Å². The van der Waals surface area contributed by atoms with Gasteiger partial charge in [-0.05, 0) is 46.3 Å². The van der Waals surface area contributed by atoms with E-state index in [1.807, 2.05) is 42.5 Å². The number of hydrogen-bond donors (Lipinski definition) is 3. The maximum absolute atomic E-state index is 11.7. The second-order valence-electron chi connectivity index (χ2n) is 5.93. The Balaban J connectivity index is 2.09. The molecule has 0 aliphatic rings. The summed E-state index contributed by atoms with van der Waals surface area (Å²) in [7, 11) is 0. The first kappa shape index (κ1) is 18.6. The highest BCUT2D eigenvalue weighted by Crippen LogP contribution is 2.36. The van der Waals surface area contributed by atoms with Gasteiger partial charge in [0.1, 0.15) is 11.0 Å².